The summed E-state index contributed by atoms with van der Waals surface area (Å²) in [5.41, 5.74) is 0.335. The largest absolute Gasteiger partial charge is 0.458 e. The van der Waals surface area contributed by atoms with Crippen molar-refractivity contribution in [1.82, 2.24) is 5.01 Å². The lowest BCUT2D eigenvalue weighted by Gasteiger charge is -2.16. The highest BCUT2D eigenvalue weighted by Crippen LogP contribution is 2.40. The van der Waals surface area contributed by atoms with Gasteiger partial charge in [-0.05, 0) is 79.8 Å². The molecule has 2 aromatic carbocycles. The molecule has 0 amide bonds. The van der Waals surface area contributed by atoms with E-state index in [4.69, 9.17) is 15.9 Å². The SMILES string of the molecule is C#CC(/C=C\C(=C/C)Oc1ccc(Oc2cccc(CCC=C)c2)c(C(F)(F)F)c1)=N\N(C)C. The summed E-state index contributed by atoms with van der Waals surface area (Å²) < 4.78 is 52.6. The second-order valence-electron chi connectivity index (χ2n) is 7.34. The maximum absolute atomic E-state index is 13.8. The molecule has 7 heteroatoms. The van der Waals surface area contributed by atoms with E-state index >= 15 is 0 Å². The Morgan fingerprint density at radius 3 is 2.53 bits per heavy atom. The van der Waals surface area contributed by atoms with Crippen LogP contribution in [-0.4, -0.2) is 24.8 Å². The molecule has 4 nitrogen and oxygen atoms in total. The van der Waals surface area contributed by atoms with Crippen LogP contribution in [0.15, 0.2) is 84.2 Å². The number of benzene rings is 2. The van der Waals surface area contributed by atoms with E-state index in [2.05, 4.69) is 17.6 Å². The molecule has 0 aliphatic heterocycles. The lowest BCUT2D eigenvalue weighted by molar-refractivity contribution is -0.138. The zero-order chi connectivity index (χ0) is 25.1. The lowest BCUT2D eigenvalue weighted by Crippen LogP contribution is -2.08. The number of allylic oxidation sites excluding steroid dienone is 4. The summed E-state index contributed by atoms with van der Waals surface area (Å²) in [5.74, 6) is 2.73. The van der Waals surface area contributed by atoms with Crippen molar-refractivity contribution < 1.29 is 22.6 Å². The first-order valence-corrected chi connectivity index (χ1v) is 10.5. The number of aryl methyl sites for hydroxylation is 1. The van der Waals surface area contributed by atoms with Gasteiger partial charge in [-0.1, -0.05) is 18.2 Å². The van der Waals surface area contributed by atoms with Crippen molar-refractivity contribution >= 4 is 5.71 Å². The molecule has 0 radical (unpaired) electrons. The van der Waals surface area contributed by atoms with Crippen molar-refractivity contribution in [2.24, 2.45) is 5.10 Å². The Morgan fingerprint density at radius 2 is 1.91 bits per heavy atom. The normalized spacial score (nSPS) is 12.4. The Kier molecular flexibility index (Phi) is 9.57. The van der Waals surface area contributed by atoms with Crippen molar-refractivity contribution in [3.05, 3.63) is 90.2 Å². The van der Waals surface area contributed by atoms with Crippen LogP contribution in [0.5, 0.6) is 17.2 Å². The molecule has 34 heavy (non-hydrogen) atoms. The molecular formula is C27H27F3N2O2. The van der Waals surface area contributed by atoms with E-state index in [9.17, 15) is 13.2 Å². The van der Waals surface area contributed by atoms with Gasteiger partial charge in [0.15, 0.2) is 0 Å². The highest BCUT2D eigenvalue weighted by molar-refractivity contribution is 6.08. The van der Waals surface area contributed by atoms with Crippen molar-refractivity contribution in [3.8, 4) is 29.6 Å². The summed E-state index contributed by atoms with van der Waals surface area (Å²) in [6.45, 7) is 5.38. The van der Waals surface area contributed by atoms with E-state index in [0.717, 1.165) is 24.5 Å². The number of halogens is 3. The van der Waals surface area contributed by atoms with Gasteiger partial charge in [-0.3, -0.25) is 0 Å². The molecule has 2 rings (SSSR count). The Labute approximate surface area is 198 Å². The Morgan fingerprint density at radius 1 is 1.15 bits per heavy atom. The highest BCUT2D eigenvalue weighted by atomic mass is 19.4. The number of alkyl halides is 3. The van der Waals surface area contributed by atoms with E-state index in [-0.39, 0.29) is 11.5 Å². The van der Waals surface area contributed by atoms with Gasteiger partial charge < -0.3 is 14.5 Å². The maximum atomic E-state index is 13.8. The zero-order valence-corrected chi connectivity index (χ0v) is 19.4. The van der Waals surface area contributed by atoms with Crippen LogP contribution in [0, 0.1) is 12.3 Å². The Hall–Kier alpha value is -3.92. The van der Waals surface area contributed by atoms with Gasteiger partial charge in [0.25, 0.3) is 0 Å². The average Bonchev–Trinajstić information content (AvgIpc) is 2.79. The fourth-order valence-corrected chi connectivity index (χ4v) is 2.86. The van der Waals surface area contributed by atoms with Gasteiger partial charge in [-0.25, -0.2) is 0 Å². The van der Waals surface area contributed by atoms with Crippen LogP contribution in [0.4, 0.5) is 13.2 Å². The first kappa shape index (κ1) is 26.3. The van der Waals surface area contributed by atoms with Crippen molar-refractivity contribution in [3.63, 3.8) is 0 Å². The van der Waals surface area contributed by atoms with Gasteiger partial charge in [-0.2, -0.15) is 18.3 Å². The fraction of sp³-hybridized carbons (Fsp3) is 0.222. The van der Waals surface area contributed by atoms with E-state index < -0.39 is 11.7 Å². The van der Waals surface area contributed by atoms with E-state index in [1.165, 1.54) is 24.3 Å². The summed E-state index contributed by atoms with van der Waals surface area (Å²) >= 11 is 0. The van der Waals surface area contributed by atoms with Crippen LogP contribution >= 0.6 is 0 Å². The standard InChI is InChI=1S/C27H27F3N2O2/c1-6-9-11-20-12-10-13-23(18-20)34-26-17-16-24(19-25(26)27(28,29)30)33-22(8-3)15-14-21(7-2)31-32(4)5/h2,6,8,10,12-19H,1,9,11H2,3-5H3/b15-14-,22-8+,31-21+. The quantitative estimate of drug-likeness (QED) is 0.0940. The summed E-state index contributed by atoms with van der Waals surface area (Å²) in [4.78, 5) is 0. The first-order valence-electron chi connectivity index (χ1n) is 10.5. The van der Waals surface area contributed by atoms with E-state index in [0.29, 0.717) is 17.2 Å². The second kappa shape index (κ2) is 12.4. The molecule has 0 saturated heterocycles. The number of hydrogen-bond donors (Lipinski definition) is 0. The van der Waals surface area contributed by atoms with Crippen LogP contribution < -0.4 is 9.47 Å². The molecule has 0 aromatic heterocycles. The van der Waals surface area contributed by atoms with Crippen molar-refractivity contribution in [2.75, 3.05) is 14.1 Å². The number of ether oxygens (including phenoxy) is 2. The smallest absolute Gasteiger partial charge is 0.420 e. The molecule has 0 N–H and O–H groups in total. The molecule has 0 heterocycles. The number of rotatable bonds is 10. The van der Waals surface area contributed by atoms with Crippen LogP contribution in [0.3, 0.4) is 0 Å². The number of hydrazone groups is 1. The third kappa shape index (κ3) is 8.21. The topological polar surface area (TPSA) is 34.1 Å². The Bertz CT molecular complexity index is 1120. The molecule has 0 atom stereocenters. The molecule has 0 fully saturated rings. The summed E-state index contributed by atoms with van der Waals surface area (Å²) in [7, 11) is 3.44. The number of terminal acetylenes is 1. The molecule has 0 unspecified atom stereocenters. The van der Waals surface area contributed by atoms with E-state index in [1.54, 1.807) is 56.4 Å². The van der Waals surface area contributed by atoms with Gasteiger partial charge in [0.2, 0.25) is 0 Å². The van der Waals surface area contributed by atoms with E-state index in [1.807, 2.05) is 6.07 Å². The van der Waals surface area contributed by atoms with Crippen LogP contribution in [0.2, 0.25) is 0 Å². The second-order valence-corrected chi connectivity index (χ2v) is 7.34. The predicted molar refractivity (Wildman–Crippen MR) is 130 cm³/mol. The molecule has 0 spiro atoms. The molecule has 0 saturated carbocycles. The maximum Gasteiger partial charge on any atom is 0.420 e. The van der Waals surface area contributed by atoms with Gasteiger partial charge >= 0.3 is 6.18 Å². The Balaban J connectivity index is 2.29. The lowest BCUT2D eigenvalue weighted by atomic mass is 10.1. The summed E-state index contributed by atoms with van der Waals surface area (Å²) in [5, 5.41) is 5.64. The monoisotopic (exact) mass is 468 g/mol. The highest BCUT2D eigenvalue weighted by Gasteiger charge is 2.35. The minimum Gasteiger partial charge on any atom is -0.458 e. The number of nitrogens with zero attached hydrogens (tertiary/aromatic N) is 2. The minimum absolute atomic E-state index is 0.00367. The van der Waals surface area contributed by atoms with Gasteiger partial charge in [0, 0.05) is 14.1 Å². The number of hydrogen-bond acceptors (Lipinski definition) is 4. The van der Waals surface area contributed by atoms with Crippen molar-refractivity contribution in [1.29, 1.82) is 0 Å². The van der Waals surface area contributed by atoms with Crippen LogP contribution in [-0.2, 0) is 12.6 Å². The summed E-state index contributed by atoms with van der Waals surface area (Å²) in [6.07, 6.45) is 8.72. The zero-order valence-electron chi connectivity index (χ0n) is 19.4. The minimum atomic E-state index is -4.64. The fourth-order valence-electron chi connectivity index (χ4n) is 2.86. The molecule has 0 aliphatic carbocycles. The summed E-state index contributed by atoms with van der Waals surface area (Å²) in [6, 6.07) is 10.5. The molecular weight excluding hydrogens is 441 g/mol. The van der Waals surface area contributed by atoms with Crippen molar-refractivity contribution in [2.45, 2.75) is 25.9 Å². The van der Waals surface area contributed by atoms with Gasteiger partial charge in [-0.15, -0.1) is 13.0 Å². The van der Waals surface area contributed by atoms with Gasteiger partial charge in [0.05, 0.1) is 0 Å². The molecule has 0 aliphatic rings. The first-order chi connectivity index (χ1) is 16.2. The third-order valence-electron chi connectivity index (χ3n) is 4.40. The molecule has 178 valence electrons. The third-order valence-corrected chi connectivity index (χ3v) is 4.40. The predicted octanol–water partition coefficient (Wildman–Crippen LogP) is 7.01. The molecule has 2 aromatic rings. The van der Waals surface area contributed by atoms with Crippen LogP contribution in [0.25, 0.3) is 0 Å². The van der Waals surface area contributed by atoms with Crippen LogP contribution in [0.1, 0.15) is 24.5 Å². The van der Waals surface area contributed by atoms with Gasteiger partial charge in [0.1, 0.15) is 34.3 Å². The molecule has 0 bridgehead atoms. The average molecular weight is 469 g/mol.